The van der Waals surface area contributed by atoms with E-state index >= 15 is 0 Å². The van der Waals surface area contributed by atoms with E-state index in [-0.39, 0.29) is 5.70 Å². The maximum absolute atomic E-state index is 12.8. The third-order valence-electron chi connectivity index (χ3n) is 2.24. The van der Waals surface area contributed by atoms with Gasteiger partial charge >= 0.3 is 0 Å². The lowest BCUT2D eigenvalue weighted by Crippen LogP contribution is -2.35. The highest BCUT2D eigenvalue weighted by Crippen LogP contribution is 2.26. The molecule has 0 amide bonds. The predicted octanol–water partition coefficient (Wildman–Crippen LogP) is 2.64. The topological polar surface area (TPSA) is 3.24 Å². The molecule has 12 heavy (non-hydrogen) atoms. The van der Waals surface area contributed by atoms with Gasteiger partial charge in [0, 0.05) is 20.0 Å². The third kappa shape index (κ3) is 2.19. The molecule has 0 atom stereocenters. The lowest BCUT2D eigenvalue weighted by atomic mass is 10.1. The van der Waals surface area contributed by atoms with Gasteiger partial charge in [0.1, 0.15) is 0 Å². The quantitative estimate of drug-likeness (QED) is 0.623. The molecule has 0 aromatic heterocycles. The van der Waals surface area contributed by atoms with Gasteiger partial charge < -0.3 is 4.90 Å². The number of piperidine rings is 1. The van der Waals surface area contributed by atoms with E-state index in [0.717, 1.165) is 39.3 Å². The fraction of sp³-hybridized carbons (Fsp3) is 0.778. The van der Waals surface area contributed by atoms with Gasteiger partial charge in [0.25, 0.3) is 5.92 Å². The largest absolute Gasteiger partial charge is 0.370 e. The second kappa shape index (κ2) is 3.42. The Hall–Kier alpha value is -0.600. The van der Waals surface area contributed by atoms with Gasteiger partial charge in [-0.25, -0.2) is 8.78 Å². The van der Waals surface area contributed by atoms with Crippen molar-refractivity contribution in [1.82, 2.24) is 4.90 Å². The number of rotatable bonds is 2. The minimum Gasteiger partial charge on any atom is -0.370 e. The summed E-state index contributed by atoms with van der Waals surface area (Å²) in [5, 5.41) is 0. The average Bonchev–Trinajstić information content (AvgIpc) is 2.03. The van der Waals surface area contributed by atoms with Crippen molar-refractivity contribution in [2.45, 2.75) is 32.1 Å². The Morgan fingerprint density at radius 1 is 1.25 bits per heavy atom. The summed E-state index contributed by atoms with van der Waals surface area (Å²) in [4.78, 5) is 1.70. The van der Waals surface area contributed by atoms with Crippen LogP contribution < -0.4 is 0 Å². The summed E-state index contributed by atoms with van der Waals surface area (Å²) in [6, 6.07) is 0. The summed E-state index contributed by atoms with van der Waals surface area (Å²) in [7, 11) is 0. The molecule has 0 unspecified atom stereocenters. The van der Waals surface area contributed by atoms with Gasteiger partial charge in [-0.1, -0.05) is 6.58 Å². The van der Waals surface area contributed by atoms with Crippen LogP contribution in [0.4, 0.5) is 8.78 Å². The Kier molecular flexibility index (Phi) is 2.70. The lowest BCUT2D eigenvalue weighted by Gasteiger charge is -2.32. The SMILES string of the molecule is C=C(N1CCCCC1)C(C)(F)F. The number of hydrogen-bond donors (Lipinski definition) is 0. The van der Waals surface area contributed by atoms with E-state index in [2.05, 4.69) is 6.58 Å². The Morgan fingerprint density at radius 2 is 1.75 bits per heavy atom. The molecule has 0 aromatic carbocycles. The van der Waals surface area contributed by atoms with E-state index < -0.39 is 5.92 Å². The standard InChI is InChI=1S/C9H15F2N/c1-8(9(2,10)11)12-6-4-3-5-7-12/h1,3-7H2,2H3. The number of likely N-dealkylation sites (tertiary alicyclic amines) is 1. The zero-order valence-electron chi connectivity index (χ0n) is 7.45. The minimum absolute atomic E-state index is 0.0257. The molecule has 0 radical (unpaired) electrons. The van der Waals surface area contributed by atoms with Crippen LogP contribution in [0.1, 0.15) is 26.2 Å². The van der Waals surface area contributed by atoms with Crippen LogP contribution in [0.3, 0.4) is 0 Å². The number of alkyl halides is 2. The molecule has 1 aliphatic heterocycles. The lowest BCUT2D eigenvalue weighted by molar-refractivity contribution is 0.0269. The highest BCUT2D eigenvalue weighted by molar-refractivity contribution is 5.05. The van der Waals surface area contributed by atoms with E-state index in [4.69, 9.17) is 0 Å². The molecule has 3 heteroatoms. The normalized spacial score (nSPS) is 19.4. The monoisotopic (exact) mass is 175 g/mol. The molecule has 70 valence electrons. The van der Waals surface area contributed by atoms with Crippen LogP contribution >= 0.6 is 0 Å². The maximum atomic E-state index is 12.8. The Balaban J connectivity index is 2.51. The molecular formula is C9H15F2N. The summed E-state index contributed by atoms with van der Waals surface area (Å²) >= 11 is 0. The van der Waals surface area contributed by atoms with Crippen molar-refractivity contribution in [2.75, 3.05) is 13.1 Å². The molecule has 0 aromatic rings. The Bertz CT molecular complexity index is 166. The van der Waals surface area contributed by atoms with Crippen LogP contribution in [0.25, 0.3) is 0 Å². The number of allylic oxidation sites excluding steroid dienone is 1. The first-order chi connectivity index (χ1) is 5.52. The summed E-state index contributed by atoms with van der Waals surface area (Å²) in [5.74, 6) is -2.75. The highest BCUT2D eigenvalue weighted by Gasteiger charge is 2.30. The first-order valence-corrected chi connectivity index (χ1v) is 4.34. The maximum Gasteiger partial charge on any atom is 0.284 e. The Morgan fingerprint density at radius 3 is 2.17 bits per heavy atom. The van der Waals surface area contributed by atoms with Crippen LogP contribution in [0, 0.1) is 0 Å². The second-order valence-corrected chi connectivity index (χ2v) is 3.38. The smallest absolute Gasteiger partial charge is 0.284 e. The van der Waals surface area contributed by atoms with Gasteiger partial charge in [-0.3, -0.25) is 0 Å². The van der Waals surface area contributed by atoms with Crippen molar-refractivity contribution in [3.05, 3.63) is 12.3 Å². The zero-order valence-corrected chi connectivity index (χ0v) is 7.45. The van der Waals surface area contributed by atoms with Gasteiger partial charge in [-0.15, -0.1) is 0 Å². The number of hydrogen-bond acceptors (Lipinski definition) is 1. The van der Waals surface area contributed by atoms with Crippen LogP contribution in [-0.2, 0) is 0 Å². The molecule has 1 heterocycles. The second-order valence-electron chi connectivity index (χ2n) is 3.38. The van der Waals surface area contributed by atoms with Crippen molar-refractivity contribution in [3.63, 3.8) is 0 Å². The van der Waals surface area contributed by atoms with Gasteiger partial charge in [0.2, 0.25) is 0 Å². The van der Waals surface area contributed by atoms with E-state index in [0.29, 0.717) is 0 Å². The number of halogens is 2. The van der Waals surface area contributed by atoms with Gasteiger partial charge in [0.05, 0.1) is 5.70 Å². The average molecular weight is 175 g/mol. The summed E-state index contributed by atoms with van der Waals surface area (Å²) in [6.45, 7) is 5.81. The van der Waals surface area contributed by atoms with Crippen molar-refractivity contribution < 1.29 is 8.78 Å². The van der Waals surface area contributed by atoms with Crippen LogP contribution in [-0.4, -0.2) is 23.9 Å². The molecule has 0 aliphatic carbocycles. The Labute approximate surface area is 72.1 Å². The number of nitrogens with zero attached hydrogens (tertiary/aromatic N) is 1. The van der Waals surface area contributed by atoms with Crippen LogP contribution in [0.2, 0.25) is 0 Å². The van der Waals surface area contributed by atoms with E-state index in [1.54, 1.807) is 4.90 Å². The summed E-state index contributed by atoms with van der Waals surface area (Å²) in [6.07, 6.45) is 3.17. The molecule has 0 bridgehead atoms. The van der Waals surface area contributed by atoms with Crippen molar-refractivity contribution in [2.24, 2.45) is 0 Å². The zero-order chi connectivity index (χ0) is 9.19. The highest BCUT2D eigenvalue weighted by atomic mass is 19.3. The fourth-order valence-corrected chi connectivity index (χ4v) is 1.44. The van der Waals surface area contributed by atoms with Crippen molar-refractivity contribution >= 4 is 0 Å². The molecule has 1 aliphatic rings. The minimum atomic E-state index is -2.75. The van der Waals surface area contributed by atoms with E-state index in [1.165, 1.54) is 0 Å². The first kappa shape index (κ1) is 9.49. The van der Waals surface area contributed by atoms with Crippen LogP contribution in [0.5, 0.6) is 0 Å². The molecule has 1 rings (SSSR count). The van der Waals surface area contributed by atoms with Crippen molar-refractivity contribution in [3.8, 4) is 0 Å². The molecule has 0 saturated carbocycles. The van der Waals surface area contributed by atoms with Crippen LogP contribution in [0.15, 0.2) is 12.3 Å². The van der Waals surface area contributed by atoms with Crippen molar-refractivity contribution in [1.29, 1.82) is 0 Å². The van der Waals surface area contributed by atoms with Gasteiger partial charge in [-0.2, -0.15) is 0 Å². The summed E-state index contributed by atoms with van der Waals surface area (Å²) < 4.78 is 25.5. The summed E-state index contributed by atoms with van der Waals surface area (Å²) in [5.41, 5.74) is -0.0257. The van der Waals surface area contributed by atoms with E-state index in [9.17, 15) is 8.78 Å². The molecule has 1 nitrogen and oxygen atoms in total. The molecule has 0 spiro atoms. The molecule has 0 N–H and O–H groups in total. The third-order valence-corrected chi connectivity index (χ3v) is 2.24. The van der Waals surface area contributed by atoms with E-state index in [1.807, 2.05) is 0 Å². The molecule has 1 fully saturated rings. The van der Waals surface area contributed by atoms with Gasteiger partial charge in [0.15, 0.2) is 0 Å². The molecular weight excluding hydrogens is 160 g/mol. The first-order valence-electron chi connectivity index (χ1n) is 4.34. The van der Waals surface area contributed by atoms with Gasteiger partial charge in [-0.05, 0) is 19.3 Å². The molecule has 1 saturated heterocycles. The predicted molar refractivity (Wildman–Crippen MR) is 45.2 cm³/mol. The fourth-order valence-electron chi connectivity index (χ4n) is 1.44.